The van der Waals surface area contributed by atoms with E-state index in [4.69, 9.17) is 0 Å². The van der Waals surface area contributed by atoms with Crippen LogP contribution in [0.4, 0.5) is 11.4 Å². The van der Waals surface area contributed by atoms with Gasteiger partial charge in [0.15, 0.2) is 0 Å². The maximum Gasteiger partial charge on any atom is 0.269 e. The van der Waals surface area contributed by atoms with Crippen molar-refractivity contribution >= 4 is 21.4 Å². The number of anilines is 1. The number of hydrogen-bond donors (Lipinski definition) is 1. The predicted molar refractivity (Wildman–Crippen MR) is 84.5 cm³/mol. The summed E-state index contributed by atoms with van der Waals surface area (Å²) in [4.78, 5) is 10.3. The molecule has 0 aliphatic heterocycles. The number of sulfonamides is 1. The molecule has 0 aromatic heterocycles. The molecule has 0 spiro atoms. The second kappa shape index (κ2) is 6.15. The minimum absolute atomic E-state index is 0.0762. The summed E-state index contributed by atoms with van der Waals surface area (Å²) in [6.45, 7) is 3.60. The Morgan fingerprint density at radius 1 is 1.14 bits per heavy atom. The third kappa shape index (κ3) is 3.43. The predicted octanol–water partition coefficient (Wildman–Crippen LogP) is 3.27. The normalized spacial score (nSPS) is 11.2. The van der Waals surface area contributed by atoms with Crippen LogP contribution in [0.25, 0.3) is 0 Å². The van der Waals surface area contributed by atoms with Gasteiger partial charge in [0.25, 0.3) is 15.7 Å². The zero-order chi connectivity index (χ0) is 16.3. The molecule has 2 aromatic carbocycles. The quantitative estimate of drug-likeness (QED) is 0.676. The van der Waals surface area contributed by atoms with E-state index in [-0.39, 0.29) is 10.6 Å². The Labute approximate surface area is 129 Å². The van der Waals surface area contributed by atoms with Gasteiger partial charge in [-0.1, -0.05) is 19.1 Å². The molecule has 2 rings (SSSR count). The molecule has 0 aliphatic carbocycles. The van der Waals surface area contributed by atoms with Crippen LogP contribution in [-0.2, 0) is 16.4 Å². The van der Waals surface area contributed by atoms with Gasteiger partial charge >= 0.3 is 0 Å². The van der Waals surface area contributed by atoms with Crippen LogP contribution in [0.1, 0.15) is 18.1 Å². The largest absolute Gasteiger partial charge is 0.279 e. The van der Waals surface area contributed by atoms with Gasteiger partial charge in [-0.05, 0) is 42.7 Å². The molecule has 6 nitrogen and oxygen atoms in total. The van der Waals surface area contributed by atoms with E-state index in [9.17, 15) is 18.5 Å². The van der Waals surface area contributed by atoms with Gasteiger partial charge in [0, 0.05) is 12.1 Å². The van der Waals surface area contributed by atoms with Gasteiger partial charge in [0.1, 0.15) is 0 Å². The first-order valence-corrected chi connectivity index (χ1v) is 8.18. The summed E-state index contributed by atoms with van der Waals surface area (Å²) in [5.74, 6) is 0. The molecular weight excluding hydrogens is 304 g/mol. The zero-order valence-electron chi connectivity index (χ0n) is 12.2. The van der Waals surface area contributed by atoms with Crippen LogP contribution >= 0.6 is 0 Å². The molecule has 0 atom stereocenters. The monoisotopic (exact) mass is 320 g/mol. The Morgan fingerprint density at radius 2 is 1.77 bits per heavy atom. The number of non-ortho nitro benzene ring substituents is 1. The second-order valence-electron chi connectivity index (χ2n) is 4.86. The number of aryl methyl sites for hydroxylation is 2. The minimum Gasteiger partial charge on any atom is -0.279 e. The highest BCUT2D eigenvalue weighted by atomic mass is 32.2. The molecule has 2 aromatic rings. The molecule has 0 fully saturated rings. The second-order valence-corrected chi connectivity index (χ2v) is 6.54. The summed E-state index contributed by atoms with van der Waals surface area (Å²) in [5, 5.41) is 10.7. The van der Waals surface area contributed by atoms with Gasteiger partial charge in [0.2, 0.25) is 0 Å². The van der Waals surface area contributed by atoms with Crippen molar-refractivity contribution in [2.24, 2.45) is 0 Å². The van der Waals surface area contributed by atoms with Crippen LogP contribution in [0, 0.1) is 17.0 Å². The highest BCUT2D eigenvalue weighted by Gasteiger charge is 2.16. The average molecular weight is 320 g/mol. The van der Waals surface area contributed by atoms with Crippen molar-refractivity contribution < 1.29 is 13.3 Å². The smallest absolute Gasteiger partial charge is 0.269 e. The van der Waals surface area contributed by atoms with E-state index in [1.165, 1.54) is 18.2 Å². The van der Waals surface area contributed by atoms with Gasteiger partial charge in [0.05, 0.1) is 15.5 Å². The maximum atomic E-state index is 12.3. The molecule has 0 saturated carbocycles. The van der Waals surface area contributed by atoms with Crippen molar-refractivity contribution in [1.82, 2.24) is 0 Å². The number of hydrogen-bond acceptors (Lipinski definition) is 4. The van der Waals surface area contributed by atoms with E-state index in [1.54, 1.807) is 31.2 Å². The molecule has 0 aliphatic rings. The minimum atomic E-state index is -3.71. The number of nitrogens with zero attached hydrogens (tertiary/aromatic N) is 1. The lowest BCUT2D eigenvalue weighted by Crippen LogP contribution is -2.13. The summed E-state index contributed by atoms with van der Waals surface area (Å²) < 4.78 is 27.1. The Bertz CT molecular complexity index is 799. The molecule has 116 valence electrons. The highest BCUT2D eigenvalue weighted by Crippen LogP contribution is 2.24. The Hall–Kier alpha value is -2.41. The van der Waals surface area contributed by atoms with Crippen LogP contribution in [0.3, 0.4) is 0 Å². The van der Waals surface area contributed by atoms with Crippen molar-refractivity contribution in [3.63, 3.8) is 0 Å². The number of nitrogens with one attached hydrogen (secondary N) is 1. The standard InChI is InChI=1S/C15H16N2O4S/c1-3-12-4-7-14(8-5-12)22(20,21)16-15-9-6-13(17(18)19)10-11(15)2/h4-10,16H,3H2,1-2H3. The molecule has 7 heteroatoms. The number of rotatable bonds is 5. The Morgan fingerprint density at radius 3 is 2.27 bits per heavy atom. The third-order valence-electron chi connectivity index (χ3n) is 3.31. The SMILES string of the molecule is CCc1ccc(S(=O)(=O)Nc2ccc([N+](=O)[O-])cc2C)cc1. The molecular formula is C15H16N2O4S. The summed E-state index contributed by atoms with van der Waals surface area (Å²) in [6, 6.07) is 10.6. The summed E-state index contributed by atoms with van der Waals surface area (Å²) in [6.07, 6.45) is 0.829. The molecule has 0 saturated heterocycles. The highest BCUT2D eigenvalue weighted by molar-refractivity contribution is 7.92. The first-order chi connectivity index (χ1) is 10.3. The molecule has 1 N–H and O–H groups in total. The lowest BCUT2D eigenvalue weighted by Gasteiger charge is -2.10. The number of nitro benzene ring substituents is 1. The van der Waals surface area contributed by atoms with E-state index in [0.29, 0.717) is 11.3 Å². The van der Waals surface area contributed by atoms with E-state index in [0.717, 1.165) is 12.0 Å². The van der Waals surface area contributed by atoms with Gasteiger partial charge in [-0.15, -0.1) is 0 Å². The van der Waals surface area contributed by atoms with Crippen LogP contribution in [0.5, 0.6) is 0 Å². The number of benzene rings is 2. The van der Waals surface area contributed by atoms with Crippen LogP contribution in [-0.4, -0.2) is 13.3 Å². The van der Waals surface area contributed by atoms with Crippen molar-refractivity contribution in [2.75, 3.05) is 4.72 Å². The molecule has 0 heterocycles. The molecule has 0 amide bonds. The fourth-order valence-corrected chi connectivity index (χ4v) is 3.11. The van der Waals surface area contributed by atoms with Gasteiger partial charge in [-0.3, -0.25) is 14.8 Å². The van der Waals surface area contributed by atoms with E-state index in [1.807, 2.05) is 6.92 Å². The van der Waals surface area contributed by atoms with Crippen LogP contribution in [0.15, 0.2) is 47.4 Å². The summed E-state index contributed by atoms with van der Waals surface area (Å²) in [5.41, 5.74) is 1.78. The summed E-state index contributed by atoms with van der Waals surface area (Å²) >= 11 is 0. The van der Waals surface area contributed by atoms with Crippen LogP contribution in [0.2, 0.25) is 0 Å². The molecule has 22 heavy (non-hydrogen) atoms. The van der Waals surface area contributed by atoms with Crippen molar-refractivity contribution in [3.8, 4) is 0 Å². The van der Waals surface area contributed by atoms with Crippen molar-refractivity contribution in [1.29, 1.82) is 0 Å². The molecule has 0 unspecified atom stereocenters. The van der Waals surface area contributed by atoms with E-state index < -0.39 is 14.9 Å². The summed E-state index contributed by atoms with van der Waals surface area (Å²) in [7, 11) is -3.71. The zero-order valence-corrected chi connectivity index (χ0v) is 13.1. The molecule has 0 radical (unpaired) electrons. The fourth-order valence-electron chi connectivity index (χ4n) is 1.98. The number of nitro groups is 1. The Kier molecular flexibility index (Phi) is 4.46. The van der Waals surface area contributed by atoms with Crippen molar-refractivity contribution in [3.05, 3.63) is 63.7 Å². The lowest BCUT2D eigenvalue weighted by molar-refractivity contribution is -0.384. The maximum absolute atomic E-state index is 12.3. The molecule has 0 bridgehead atoms. The van der Waals surface area contributed by atoms with E-state index in [2.05, 4.69) is 4.72 Å². The lowest BCUT2D eigenvalue weighted by atomic mass is 10.2. The van der Waals surface area contributed by atoms with Gasteiger partial charge in [-0.2, -0.15) is 0 Å². The van der Waals surface area contributed by atoms with Gasteiger partial charge in [-0.25, -0.2) is 8.42 Å². The fraction of sp³-hybridized carbons (Fsp3) is 0.200. The topological polar surface area (TPSA) is 89.3 Å². The van der Waals surface area contributed by atoms with E-state index >= 15 is 0 Å². The Balaban J connectivity index is 2.30. The first-order valence-electron chi connectivity index (χ1n) is 6.70. The van der Waals surface area contributed by atoms with Gasteiger partial charge < -0.3 is 0 Å². The third-order valence-corrected chi connectivity index (χ3v) is 4.69. The first kappa shape index (κ1) is 16.0. The van der Waals surface area contributed by atoms with Crippen LogP contribution < -0.4 is 4.72 Å². The average Bonchev–Trinajstić information content (AvgIpc) is 2.49. The van der Waals surface area contributed by atoms with Crippen molar-refractivity contribution in [2.45, 2.75) is 25.2 Å².